The molecule has 2 heteroatoms. The molecule has 0 fully saturated rings. The van der Waals surface area contributed by atoms with Crippen LogP contribution in [0.5, 0.6) is 0 Å². The largest absolute Gasteiger partial charge is 0.256 e. The zero-order valence-corrected chi connectivity index (χ0v) is 23.4. The lowest BCUT2D eigenvalue weighted by Gasteiger charge is -2.34. The van der Waals surface area contributed by atoms with Crippen molar-refractivity contribution in [1.29, 1.82) is 0 Å². The van der Waals surface area contributed by atoms with E-state index >= 15 is 0 Å². The van der Waals surface area contributed by atoms with Crippen LogP contribution < -0.4 is 0 Å². The van der Waals surface area contributed by atoms with E-state index in [1.165, 1.54) is 44.2 Å². The number of benzene rings is 6. The average Bonchev–Trinajstić information content (AvgIpc) is 3.37. The van der Waals surface area contributed by atoms with Crippen molar-refractivity contribution in [2.75, 3.05) is 0 Å². The van der Waals surface area contributed by atoms with E-state index < -0.39 is 5.41 Å². The molecule has 8 aromatic rings. The van der Waals surface area contributed by atoms with Gasteiger partial charge >= 0.3 is 0 Å². The summed E-state index contributed by atoms with van der Waals surface area (Å²) in [4.78, 5) is 10.5. The van der Waals surface area contributed by atoms with Crippen molar-refractivity contribution in [2.24, 2.45) is 0 Å². The second kappa shape index (κ2) is 9.20. The summed E-state index contributed by atoms with van der Waals surface area (Å²) in [5, 5.41) is 4.74. The van der Waals surface area contributed by atoms with Gasteiger partial charge in [-0.2, -0.15) is 0 Å². The molecule has 200 valence electrons. The van der Waals surface area contributed by atoms with Gasteiger partial charge in [0.05, 0.1) is 22.1 Å². The minimum absolute atomic E-state index is 0.568. The molecule has 1 aliphatic rings. The molecule has 0 bridgehead atoms. The van der Waals surface area contributed by atoms with Gasteiger partial charge in [0.2, 0.25) is 0 Å². The highest BCUT2D eigenvalue weighted by Crippen LogP contribution is 2.58. The summed E-state index contributed by atoms with van der Waals surface area (Å²) in [5.41, 5.74) is 10.8. The molecule has 43 heavy (non-hydrogen) atoms. The SMILES string of the molecule is c1ccc(C2(c3ccccc3)c3cc4ccccc4nc3-c3c2cc(-c2ccc4ccccc4c2)c2cccnc32)cc1. The molecule has 0 aliphatic heterocycles. The molecule has 1 aliphatic carbocycles. The van der Waals surface area contributed by atoms with Crippen LogP contribution in [0.4, 0.5) is 0 Å². The Balaban J connectivity index is 1.49. The van der Waals surface area contributed by atoms with Crippen LogP contribution in [-0.4, -0.2) is 9.97 Å². The van der Waals surface area contributed by atoms with E-state index in [1.54, 1.807) is 0 Å². The zero-order valence-electron chi connectivity index (χ0n) is 23.4. The molecule has 2 heterocycles. The molecular formula is C41H26N2. The maximum Gasteiger partial charge on any atom is 0.0805 e. The highest BCUT2D eigenvalue weighted by atomic mass is 14.8. The number of hydrogen-bond acceptors (Lipinski definition) is 2. The second-order valence-corrected chi connectivity index (χ2v) is 11.4. The number of pyridine rings is 2. The number of nitrogens with zero attached hydrogens (tertiary/aromatic N) is 2. The van der Waals surface area contributed by atoms with Gasteiger partial charge in [0, 0.05) is 22.5 Å². The number of fused-ring (bicyclic) bond motifs is 7. The molecule has 2 nitrogen and oxygen atoms in total. The summed E-state index contributed by atoms with van der Waals surface area (Å²) in [5.74, 6) is 0. The van der Waals surface area contributed by atoms with Crippen molar-refractivity contribution in [1.82, 2.24) is 9.97 Å². The Kier molecular flexibility index (Phi) is 5.15. The smallest absolute Gasteiger partial charge is 0.0805 e. The minimum atomic E-state index is -0.568. The third kappa shape index (κ3) is 3.41. The molecule has 0 saturated carbocycles. The van der Waals surface area contributed by atoms with E-state index in [0.29, 0.717) is 0 Å². The van der Waals surface area contributed by atoms with Crippen LogP contribution in [0.1, 0.15) is 22.3 Å². The van der Waals surface area contributed by atoms with E-state index in [0.717, 1.165) is 33.1 Å². The summed E-state index contributed by atoms with van der Waals surface area (Å²) in [6.07, 6.45) is 1.92. The van der Waals surface area contributed by atoms with Crippen LogP contribution >= 0.6 is 0 Å². The lowest BCUT2D eigenvalue weighted by atomic mass is 9.67. The molecule has 0 spiro atoms. The Morgan fingerprint density at radius 3 is 1.93 bits per heavy atom. The Hall–Kier alpha value is -5.60. The van der Waals surface area contributed by atoms with E-state index in [1.807, 2.05) is 12.3 Å². The van der Waals surface area contributed by atoms with Gasteiger partial charge in [-0.05, 0) is 74.5 Å². The van der Waals surface area contributed by atoms with Gasteiger partial charge in [-0.25, -0.2) is 4.98 Å². The first-order valence-corrected chi connectivity index (χ1v) is 14.8. The van der Waals surface area contributed by atoms with Crippen molar-refractivity contribution in [3.63, 3.8) is 0 Å². The average molecular weight is 547 g/mol. The molecule has 0 atom stereocenters. The maximum absolute atomic E-state index is 5.40. The molecule has 2 aromatic heterocycles. The molecule has 0 unspecified atom stereocenters. The summed E-state index contributed by atoms with van der Waals surface area (Å²) >= 11 is 0. The first kappa shape index (κ1) is 24.0. The van der Waals surface area contributed by atoms with E-state index in [2.05, 4.69) is 146 Å². The van der Waals surface area contributed by atoms with Crippen LogP contribution in [0.3, 0.4) is 0 Å². The van der Waals surface area contributed by atoms with Crippen LogP contribution in [0.25, 0.3) is 55.0 Å². The van der Waals surface area contributed by atoms with Gasteiger partial charge in [-0.15, -0.1) is 0 Å². The molecule has 0 saturated heterocycles. The molecule has 6 aromatic carbocycles. The summed E-state index contributed by atoms with van der Waals surface area (Å²) < 4.78 is 0. The first-order valence-electron chi connectivity index (χ1n) is 14.8. The predicted molar refractivity (Wildman–Crippen MR) is 177 cm³/mol. The highest BCUT2D eigenvalue weighted by Gasteiger charge is 2.48. The fraction of sp³-hybridized carbons (Fsp3) is 0.0244. The predicted octanol–water partition coefficient (Wildman–Crippen LogP) is 9.97. The summed E-state index contributed by atoms with van der Waals surface area (Å²) in [7, 11) is 0. The number of rotatable bonds is 3. The van der Waals surface area contributed by atoms with E-state index in [9.17, 15) is 0 Å². The van der Waals surface area contributed by atoms with Gasteiger partial charge in [0.1, 0.15) is 0 Å². The second-order valence-electron chi connectivity index (χ2n) is 11.4. The van der Waals surface area contributed by atoms with Gasteiger partial charge < -0.3 is 0 Å². The van der Waals surface area contributed by atoms with Crippen LogP contribution in [0.2, 0.25) is 0 Å². The van der Waals surface area contributed by atoms with Crippen molar-refractivity contribution in [3.8, 4) is 22.4 Å². The summed E-state index contributed by atoms with van der Waals surface area (Å²) in [6.45, 7) is 0. The third-order valence-corrected chi connectivity index (χ3v) is 9.14. The standard InChI is InChI=1S/C41H26N2/c1-3-15-31(16-4-1)41(32-17-5-2-6-18-32)35-26-34(29-22-21-27-12-7-8-13-28(27)24-29)33-19-11-23-42-39(33)38(35)40-36(41)25-30-14-9-10-20-37(30)43-40/h1-26H. The Morgan fingerprint density at radius 1 is 0.488 bits per heavy atom. The van der Waals surface area contributed by atoms with Gasteiger partial charge in [-0.1, -0.05) is 121 Å². The van der Waals surface area contributed by atoms with Crippen LogP contribution in [0, 0.1) is 0 Å². The lowest BCUT2D eigenvalue weighted by Crippen LogP contribution is -2.28. The fourth-order valence-corrected chi connectivity index (χ4v) is 7.28. The quantitative estimate of drug-likeness (QED) is 0.220. The Bertz CT molecular complexity index is 2300. The number of para-hydroxylation sites is 1. The van der Waals surface area contributed by atoms with Crippen molar-refractivity contribution in [3.05, 3.63) is 180 Å². The molecular weight excluding hydrogens is 520 g/mol. The Labute approximate surface area is 250 Å². The zero-order chi connectivity index (χ0) is 28.4. The minimum Gasteiger partial charge on any atom is -0.256 e. The maximum atomic E-state index is 5.40. The van der Waals surface area contributed by atoms with Gasteiger partial charge in [0.25, 0.3) is 0 Å². The number of hydrogen-bond donors (Lipinski definition) is 0. The monoisotopic (exact) mass is 546 g/mol. The first-order chi connectivity index (χ1) is 21.3. The third-order valence-electron chi connectivity index (χ3n) is 9.14. The summed E-state index contributed by atoms with van der Waals surface area (Å²) in [6, 6.07) is 54.7. The Morgan fingerprint density at radius 2 is 1.16 bits per heavy atom. The normalized spacial score (nSPS) is 13.3. The molecule has 0 amide bonds. The van der Waals surface area contributed by atoms with Gasteiger partial charge in [0.15, 0.2) is 0 Å². The van der Waals surface area contributed by atoms with E-state index in [4.69, 9.17) is 9.97 Å². The van der Waals surface area contributed by atoms with Crippen molar-refractivity contribution < 1.29 is 0 Å². The highest BCUT2D eigenvalue weighted by molar-refractivity contribution is 6.09. The number of aromatic nitrogens is 2. The van der Waals surface area contributed by atoms with Crippen molar-refractivity contribution >= 4 is 32.6 Å². The van der Waals surface area contributed by atoms with E-state index in [-0.39, 0.29) is 0 Å². The molecule has 0 radical (unpaired) electrons. The van der Waals surface area contributed by atoms with Crippen LogP contribution in [0.15, 0.2) is 158 Å². The lowest BCUT2D eigenvalue weighted by molar-refractivity contribution is 0.768. The van der Waals surface area contributed by atoms with Gasteiger partial charge in [-0.3, -0.25) is 4.98 Å². The van der Waals surface area contributed by atoms with Crippen molar-refractivity contribution in [2.45, 2.75) is 5.41 Å². The fourth-order valence-electron chi connectivity index (χ4n) is 7.28. The molecule has 9 rings (SSSR count). The topological polar surface area (TPSA) is 25.8 Å². The molecule has 0 N–H and O–H groups in total. The van der Waals surface area contributed by atoms with Crippen LogP contribution in [-0.2, 0) is 5.41 Å².